The van der Waals surface area contributed by atoms with Gasteiger partial charge in [-0.15, -0.1) is 0 Å². The number of carbonyl (C=O) groups excluding carboxylic acids is 1. The summed E-state index contributed by atoms with van der Waals surface area (Å²) in [6.07, 6.45) is 4.50. The summed E-state index contributed by atoms with van der Waals surface area (Å²) in [5.41, 5.74) is 1.84. The van der Waals surface area contributed by atoms with Gasteiger partial charge in [0.2, 0.25) is 5.91 Å². The van der Waals surface area contributed by atoms with E-state index in [0.717, 1.165) is 49.1 Å². The summed E-state index contributed by atoms with van der Waals surface area (Å²) in [4.78, 5) is 16.0. The number of β-lactam (4-membered cyclic amide) rings is 1. The molecule has 2 aliphatic rings. The van der Waals surface area contributed by atoms with Crippen molar-refractivity contribution in [3.63, 3.8) is 0 Å². The Labute approximate surface area is 146 Å². The van der Waals surface area contributed by atoms with Crippen LogP contribution in [-0.4, -0.2) is 60.9 Å². The third-order valence-corrected chi connectivity index (χ3v) is 5.26. The zero-order chi connectivity index (χ0) is 17.4. The number of nitrogens with zero attached hydrogens (tertiary/aromatic N) is 4. The van der Waals surface area contributed by atoms with E-state index in [1.54, 1.807) is 14.2 Å². The molecule has 3 heterocycles. The van der Waals surface area contributed by atoms with Crippen LogP contribution in [0.2, 0.25) is 0 Å². The molecule has 2 aliphatic heterocycles. The second-order valence-corrected chi connectivity index (χ2v) is 6.51. The number of benzene rings is 1. The van der Waals surface area contributed by atoms with Crippen LogP contribution >= 0.6 is 0 Å². The molecule has 7 nitrogen and oxygen atoms in total. The number of ether oxygens (including phenoxy) is 2. The van der Waals surface area contributed by atoms with E-state index in [1.807, 2.05) is 23.2 Å². The minimum absolute atomic E-state index is 0.298. The first-order chi connectivity index (χ1) is 12.2. The van der Waals surface area contributed by atoms with Gasteiger partial charge in [0.25, 0.3) is 0 Å². The standard InChI is InChI=1S/C18H22N4O3/c1-24-16-9-13-14(10-17(16)25-2)20-19-11-15(13)21-6-3-12(4-7-21)22-8-5-18(22)23/h9-12H,3-8H2,1-2H3. The highest BCUT2D eigenvalue weighted by atomic mass is 16.5. The molecule has 0 spiro atoms. The van der Waals surface area contributed by atoms with Gasteiger partial charge in [0.05, 0.1) is 31.6 Å². The third-order valence-electron chi connectivity index (χ3n) is 5.26. The van der Waals surface area contributed by atoms with E-state index in [-0.39, 0.29) is 0 Å². The Morgan fingerprint density at radius 2 is 1.80 bits per heavy atom. The lowest BCUT2D eigenvalue weighted by molar-refractivity contribution is -0.143. The van der Waals surface area contributed by atoms with Crippen LogP contribution in [0, 0.1) is 0 Å². The van der Waals surface area contributed by atoms with Gasteiger partial charge in [-0.3, -0.25) is 4.79 Å². The summed E-state index contributed by atoms with van der Waals surface area (Å²) < 4.78 is 10.8. The molecule has 0 atom stereocenters. The van der Waals surface area contributed by atoms with Crippen LogP contribution in [0.5, 0.6) is 11.5 Å². The minimum Gasteiger partial charge on any atom is -0.493 e. The van der Waals surface area contributed by atoms with E-state index in [9.17, 15) is 4.79 Å². The first-order valence-corrected chi connectivity index (χ1v) is 8.63. The molecule has 25 heavy (non-hydrogen) atoms. The Kier molecular flexibility index (Phi) is 4.07. The topological polar surface area (TPSA) is 67.8 Å². The number of hydrogen-bond acceptors (Lipinski definition) is 6. The molecule has 4 rings (SSSR count). The molecular formula is C18H22N4O3. The highest BCUT2D eigenvalue weighted by Gasteiger charge is 2.33. The maximum atomic E-state index is 11.7. The number of hydrogen-bond donors (Lipinski definition) is 0. The molecule has 0 unspecified atom stereocenters. The molecule has 0 bridgehead atoms. The highest BCUT2D eigenvalue weighted by Crippen LogP contribution is 2.36. The van der Waals surface area contributed by atoms with E-state index < -0.39 is 0 Å². The average molecular weight is 342 g/mol. The zero-order valence-corrected chi connectivity index (χ0v) is 14.6. The van der Waals surface area contributed by atoms with Crippen molar-refractivity contribution < 1.29 is 14.3 Å². The second kappa shape index (κ2) is 6.38. The number of rotatable bonds is 4. The first-order valence-electron chi connectivity index (χ1n) is 8.63. The molecule has 0 saturated carbocycles. The van der Waals surface area contributed by atoms with E-state index in [2.05, 4.69) is 15.1 Å². The summed E-state index contributed by atoms with van der Waals surface area (Å²) >= 11 is 0. The summed E-state index contributed by atoms with van der Waals surface area (Å²) in [5.74, 6) is 1.63. The van der Waals surface area contributed by atoms with Crippen molar-refractivity contribution in [3.8, 4) is 11.5 Å². The lowest BCUT2D eigenvalue weighted by atomic mass is 9.98. The SMILES string of the molecule is COc1cc2nncc(N3CCC(N4CCC4=O)CC3)c2cc1OC. The normalized spacial score (nSPS) is 18.4. The first kappa shape index (κ1) is 15.9. The molecule has 1 amide bonds. The predicted molar refractivity (Wildman–Crippen MR) is 94.2 cm³/mol. The fraction of sp³-hybridized carbons (Fsp3) is 0.500. The van der Waals surface area contributed by atoms with Crippen LogP contribution in [-0.2, 0) is 4.79 Å². The molecule has 7 heteroatoms. The Bertz CT molecular complexity index is 802. The summed E-state index contributed by atoms with van der Waals surface area (Å²) in [6.45, 7) is 2.73. The highest BCUT2D eigenvalue weighted by molar-refractivity contribution is 5.93. The van der Waals surface area contributed by atoms with Crippen molar-refractivity contribution in [2.75, 3.05) is 38.8 Å². The van der Waals surface area contributed by atoms with Crippen LogP contribution in [0.3, 0.4) is 0 Å². The molecule has 2 saturated heterocycles. The predicted octanol–water partition coefficient (Wildman–Crippen LogP) is 1.85. The van der Waals surface area contributed by atoms with Crippen LogP contribution in [0.15, 0.2) is 18.3 Å². The largest absolute Gasteiger partial charge is 0.493 e. The van der Waals surface area contributed by atoms with Gasteiger partial charge in [-0.2, -0.15) is 10.2 Å². The van der Waals surface area contributed by atoms with Crippen LogP contribution < -0.4 is 14.4 Å². The van der Waals surface area contributed by atoms with Crippen LogP contribution in [0.1, 0.15) is 19.3 Å². The van der Waals surface area contributed by atoms with Gasteiger partial charge in [0.1, 0.15) is 0 Å². The van der Waals surface area contributed by atoms with Gasteiger partial charge in [-0.05, 0) is 18.9 Å². The summed E-state index contributed by atoms with van der Waals surface area (Å²) in [7, 11) is 3.25. The quantitative estimate of drug-likeness (QED) is 0.790. The lowest BCUT2D eigenvalue weighted by Gasteiger charge is -2.43. The Morgan fingerprint density at radius 1 is 1.08 bits per heavy atom. The molecule has 0 radical (unpaired) electrons. The maximum Gasteiger partial charge on any atom is 0.224 e. The molecule has 2 fully saturated rings. The number of piperidine rings is 1. The molecule has 0 aliphatic carbocycles. The van der Waals surface area contributed by atoms with Crippen LogP contribution in [0.25, 0.3) is 10.9 Å². The Morgan fingerprint density at radius 3 is 2.40 bits per heavy atom. The van der Waals surface area contributed by atoms with E-state index in [1.165, 1.54) is 0 Å². The molecule has 1 aromatic carbocycles. The monoisotopic (exact) mass is 342 g/mol. The summed E-state index contributed by atoms with van der Waals surface area (Å²) in [5, 5.41) is 9.40. The third kappa shape index (κ3) is 2.73. The van der Waals surface area contributed by atoms with Crippen molar-refractivity contribution in [1.82, 2.24) is 15.1 Å². The van der Waals surface area contributed by atoms with Crippen molar-refractivity contribution >= 4 is 22.5 Å². The van der Waals surface area contributed by atoms with Gasteiger partial charge in [0.15, 0.2) is 11.5 Å². The van der Waals surface area contributed by atoms with E-state index in [0.29, 0.717) is 29.9 Å². The van der Waals surface area contributed by atoms with Crippen molar-refractivity contribution in [2.45, 2.75) is 25.3 Å². The fourth-order valence-electron chi connectivity index (χ4n) is 3.76. The number of anilines is 1. The molecule has 2 aromatic rings. The number of carbonyl (C=O) groups is 1. The molecule has 1 aromatic heterocycles. The lowest BCUT2D eigenvalue weighted by Crippen LogP contribution is -2.53. The van der Waals surface area contributed by atoms with Crippen molar-refractivity contribution in [2.24, 2.45) is 0 Å². The van der Waals surface area contributed by atoms with E-state index in [4.69, 9.17) is 9.47 Å². The van der Waals surface area contributed by atoms with Gasteiger partial charge in [-0.25, -0.2) is 0 Å². The maximum absolute atomic E-state index is 11.7. The van der Waals surface area contributed by atoms with Gasteiger partial charge < -0.3 is 19.3 Å². The van der Waals surface area contributed by atoms with Crippen LogP contribution in [0.4, 0.5) is 5.69 Å². The smallest absolute Gasteiger partial charge is 0.224 e. The number of amides is 1. The van der Waals surface area contributed by atoms with Gasteiger partial charge >= 0.3 is 0 Å². The fourth-order valence-corrected chi connectivity index (χ4v) is 3.76. The number of likely N-dealkylation sites (tertiary alicyclic amines) is 1. The summed E-state index contributed by atoms with van der Waals surface area (Å²) in [6, 6.07) is 4.20. The second-order valence-electron chi connectivity index (χ2n) is 6.51. The van der Waals surface area contributed by atoms with Crippen molar-refractivity contribution in [1.29, 1.82) is 0 Å². The van der Waals surface area contributed by atoms with Gasteiger partial charge in [0, 0.05) is 43.5 Å². The average Bonchev–Trinajstić information content (AvgIpc) is 2.65. The Balaban J connectivity index is 1.60. The van der Waals surface area contributed by atoms with Crippen molar-refractivity contribution in [3.05, 3.63) is 18.3 Å². The Hall–Kier alpha value is -2.57. The number of aromatic nitrogens is 2. The molecule has 132 valence electrons. The molecule has 0 N–H and O–H groups in total. The zero-order valence-electron chi connectivity index (χ0n) is 14.6. The molecular weight excluding hydrogens is 320 g/mol. The minimum atomic E-state index is 0.298. The number of fused-ring (bicyclic) bond motifs is 1. The number of methoxy groups -OCH3 is 2. The van der Waals surface area contributed by atoms with Gasteiger partial charge in [-0.1, -0.05) is 0 Å². The van der Waals surface area contributed by atoms with E-state index >= 15 is 0 Å².